The number of aliphatic hydroxyl groups is 1. The van der Waals surface area contributed by atoms with Crippen molar-refractivity contribution in [3.8, 4) is 11.5 Å². The lowest BCUT2D eigenvalue weighted by molar-refractivity contribution is -0.132. The molecule has 7 nitrogen and oxygen atoms in total. The predicted octanol–water partition coefficient (Wildman–Crippen LogP) is 6.26. The number of Topliss-reactive ketones (excluding diaryl/α,β-unsaturated/α-hetero) is 1. The highest BCUT2D eigenvalue weighted by atomic mass is 16.5. The molecule has 0 aliphatic carbocycles. The van der Waals surface area contributed by atoms with Crippen LogP contribution in [0, 0.1) is 6.92 Å². The van der Waals surface area contributed by atoms with Gasteiger partial charge in [-0.15, -0.1) is 0 Å². The lowest BCUT2D eigenvalue weighted by atomic mass is 9.94. The number of rotatable bonds is 10. The van der Waals surface area contributed by atoms with Crippen molar-refractivity contribution in [1.29, 1.82) is 0 Å². The summed E-state index contributed by atoms with van der Waals surface area (Å²) in [6, 6.07) is 19.5. The molecule has 1 unspecified atom stereocenters. The zero-order chi connectivity index (χ0) is 28.1. The van der Waals surface area contributed by atoms with Crippen LogP contribution >= 0.6 is 0 Å². The van der Waals surface area contributed by atoms with Crippen molar-refractivity contribution in [2.45, 2.75) is 40.7 Å². The van der Waals surface area contributed by atoms with E-state index in [-0.39, 0.29) is 11.3 Å². The fourth-order valence-corrected chi connectivity index (χ4v) is 5.04. The Morgan fingerprint density at radius 1 is 0.897 bits per heavy atom. The van der Waals surface area contributed by atoms with Gasteiger partial charge in [0.05, 0.1) is 30.4 Å². The predicted molar refractivity (Wildman–Crippen MR) is 155 cm³/mol. The molecule has 1 amide bonds. The highest BCUT2D eigenvalue weighted by Crippen LogP contribution is 2.44. The Bertz CT molecular complexity index is 1380. The standard InChI is InChI=1S/C32H36N2O5/c1-6-33(7-2)23-13-15-24(16-14-23)34-29(22-12-10-11-21(5)19-22)28(31(36)32(34)37)30(35)26-18-17-25(38-8-3)20-27(26)39-9-4/h10-20,29,35H,6-9H2,1-5H3/b30-28-. The lowest BCUT2D eigenvalue weighted by Crippen LogP contribution is -2.29. The zero-order valence-corrected chi connectivity index (χ0v) is 23.2. The van der Waals surface area contributed by atoms with Gasteiger partial charge < -0.3 is 19.5 Å². The average Bonchev–Trinajstić information content (AvgIpc) is 3.20. The topological polar surface area (TPSA) is 79.3 Å². The fraction of sp³-hybridized carbons (Fsp3) is 0.312. The van der Waals surface area contributed by atoms with Gasteiger partial charge in [0.2, 0.25) is 0 Å². The fourth-order valence-electron chi connectivity index (χ4n) is 5.04. The number of hydrogen-bond donors (Lipinski definition) is 1. The number of aliphatic hydroxyl groups excluding tert-OH is 1. The number of hydrogen-bond acceptors (Lipinski definition) is 6. The molecule has 1 atom stereocenters. The summed E-state index contributed by atoms with van der Waals surface area (Å²) in [4.78, 5) is 30.8. The first-order chi connectivity index (χ1) is 18.8. The van der Waals surface area contributed by atoms with Gasteiger partial charge in [-0.05, 0) is 76.6 Å². The number of aryl methyl sites for hydroxylation is 1. The van der Waals surface area contributed by atoms with Crippen LogP contribution in [0.2, 0.25) is 0 Å². The van der Waals surface area contributed by atoms with Gasteiger partial charge in [0.1, 0.15) is 17.3 Å². The maximum absolute atomic E-state index is 13.6. The molecule has 3 aromatic rings. The molecule has 0 bridgehead atoms. The van der Waals surface area contributed by atoms with Crippen LogP contribution in [0.15, 0.2) is 72.3 Å². The number of benzene rings is 3. The van der Waals surface area contributed by atoms with Crippen molar-refractivity contribution in [2.24, 2.45) is 0 Å². The van der Waals surface area contributed by atoms with E-state index in [9.17, 15) is 14.7 Å². The third kappa shape index (κ3) is 5.48. The average molecular weight is 529 g/mol. The van der Waals surface area contributed by atoms with E-state index in [1.165, 1.54) is 4.90 Å². The van der Waals surface area contributed by atoms with Gasteiger partial charge >= 0.3 is 0 Å². The molecular formula is C32H36N2O5. The first kappa shape index (κ1) is 27.8. The summed E-state index contributed by atoms with van der Waals surface area (Å²) < 4.78 is 11.4. The highest BCUT2D eigenvalue weighted by molar-refractivity contribution is 6.51. The van der Waals surface area contributed by atoms with E-state index in [2.05, 4.69) is 18.7 Å². The van der Waals surface area contributed by atoms with Gasteiger partial charge in [0.15, 0.2) is 0 Å². The van der Waals surface area contributed by atoms with Crippen LogP contribution in [0.25, 0.3) is 5.76 Å². The first-order valence-electron chi connectivity index (χ1n) is 13.5. The quantitative estimate of drug-likeness (QED) is 0.190. The summed E-state index contributed by atoms with van der Waals surface area (Å²) in [6.45, 7) is 12.4. The molecule has 0 saturated carbocycles. The number of carbonyl (C=O) groups excluding carboxylic acids is 2. The maximum Gasteiger partial charge on any atom is 0.300 e. The monoisotopic (exact) mass is 528 g/mol. The minimum atomic E-state index is -0.815. The lowest BCUT2D eigenvalue weighted by Gasteiger charge is -2.27. The van der Waals surface area contributed by atoms with Crippen molar-refractivity contribution in [3.63, 3.8) is 0 Å². The summed E-state index contributed by atoms with van der Waals surface area (Å²) in [5, 5.41) is 11.6. The number of anilines is 2. The molecular weight excluding hydrogens is 492 g/mol. The molecule has 204 valence electrons. The van der Waals surface area contributed by atoms with Crippen LogP contribution < -0.4 is 19.3 Å². The number of ketones is 1. The Labute approximate surface area is 230 Å². The summed E-state index contributed by atoms with van der Waals surface area (Å²) in [5.41, 5.74) is 3.66. The van der Waals surface area contributed by atoms with Crippen LogP contribution in [-0.2, 0) is 9.59 Å². The molecule has 1 fully saturated rings. The molecule has 1 saturated heterocycles. The normalized spacial score (nSPS) is 16.4. The summed E-state index contributed by atoms with van der Waals surface area (Å²) in [5.74, 6) is -0.764. The first-order valence-corrected chi connectivity index (χ1v) is 13.5. The molecule has 0 spiro atoms. The Hall–Kier alpha value is -4.26. The van der Waals surface area contributed by atoms with Crippen LogP contribution in [0.3, 0.4) is 0 Å². The summed E-state index contributed by atoms with van der Waals surface area (Å²) in [6.07, 6.45) is 0. The molecule has 39 heavy (non-hydrogen) atoms. The van der Waals surface area contributed by atoms with Crippen LogP contribution in [-0.4, -0.2) is 43.1 Å². The molecule has 1 N–H and O–H groups in total. The number of nitrogens with zero attached hydrogens (tertiary/aromatic N) is 2. The Kier molecular flexibility index (Phi) is 8.59. The molecule has 4 rings (SSSR count). The van der Waals surface area contributed by atoms with E-state index < -0.39 is 17.7 Å². The molecule has 0 aromatic heterocycles. The van der Waals surface area contributed by atoms with Gasteiger partial charge in [-0.2, -0.15) is 0 Å². The minimum absolute atomic E-state index is 0.0172. The van der Waals surface area contributed by atoms with Gasteiger partial charge in [-0.3, -0.25) is 14.5 Å². The van der Waals surface area contributed by atoms with E-state index in [4.69, 9.17) is 9.47 Å². The second kappa shape index (κ2) is 12.1. The van der Waals surface area contributed by atoms with E-state index >= 15 is 0 Å². The molecule has 1 aliphatic heterocycles. The molecule has 0 radical (unpaired) electrons. The van der Waals surface area contributed by atoms with E-state index in [1.807, 2.05) is 69.3 Å². The Balaban J connectivity index is 1.90. The highest BCUT2D eigenvalue weighted by Gasteiger charge is 2.47. The van der Waals surface area contributed by atoms with Crippen molar-refractivity contribution in [2.75, 3.05) is 36.1 Å². The smallest absolute Gasteiger partial charge is 0.300 e. The SMILES string of the molecule is CCOc1ccc(/C(O)=C2/C(=O)C(=O)N(c3ccc(N(CC)CC)cc3)C2c2cccc(C)c2)c(OCC)c1. The molecule has 3 aromatic carbocycles. The number of carbonyl (C=O) groups is 2. The van der Waals surface area contributed by atoms with Crippen molar-refractivity contribution in [1.82, 2.24) is 0 Å². The summed E-state index contributed by atoms with van der Waals surface area (Å²) >= 11 is 0. The van der Waals surface area contributed by atoms with E-state index in [0.717, 1.165) is 29.9 Å². The van der Waals surface area contributed by atoms with Gasteiger partial charge in [0.25, 0.3) is 11.7 Å². The van der Waals surface area contributed by atoms with Crippen LogP contribution in [0.1, 0.15) is 50.4 Å². The number of amides is 1. The Morgan fingerprint density at radius 2 is 1.59 bits per heavy atom. The van der Waals surface area contributed by atoms with Gasteiger partial charge in [-0.1, -0.05) is 29.8 Å². The third-order valence-electron chi connectivity index (χ3n) is 6.88. The van der Waals surface area contributed by atoms with Crippen LogP contribution in [0.5, 0.6) is 11.5 Å². The molecule has 1 aliphatic rings. The van der Waals surface area contributed by atoms with E-state index in [1.54, 1.807) is 18.2 Å². The van der Waals surface area contributed by atoms with E-state index in [0.29, 0.717) is 36.0 Å². The van der Waals surface area contributed by atoms with Crippen LogP contribution in [0.4, 0.5) is 11.4 Å². The third-order valence-corrected chi connectivity index (χ3v) is 6.88. The molecule has 7 heteroatoms. The second-order valence-corrected chi connectivity index (χ2v) is 9.30. The van der Waals surface area contributed by atoms with Gasteiger partial charge in [-0.25, -0.2) is 0 Å². The largest absolute Gasteiger partial charge is 0.507 e. The Morgan fingerprint density at radius 3 is 2.21 bits per heavy atom. The van der Waals surface area contributed by atoms with Crippen molar-refractivity contribution in [3.05, 3.63) is 89.0 Å². The minimum Gasteiger partial charge on any atom is -0.507 e. The molecule has 1 heterocycles. The van der Waals surface area contributed by atoms with Crippen molar-refractivity contribution >= 4 is 28.8 Å². The van der Waals surface area contributed by atoms with Crippen molar-refractivity contribution < 1.29 is 24.2 Å². The van der Waals surface area contributed by atoms with Gasteiger partial charge in [0, 0.05) is 30.5 Å². The maximum atomic E-state index is 13.6. The zero-order valence-electron chi connectivity index (χ0n) is 23.2. The number of ether oxygens (including phenoxy) is 2. The second-order valence-electron chi connectivity index (χ2n) is 9.30. The summed E-state index contributed by atoms with van der Waals surface area (Å²) in [7, 11) is 0.